The molecule has 0 bridgehead atoms. The molecule has 1 aliphatic heterocycles. The van der Waals surface area contributed by atoms with Gasteiger partial charge in [-0.05, 0) is 284 Å². The molecule has 9 aliphatic rings. The molecule has 20 atom stereocenters. The van der Waals surface area contributed by atoms with E-state index in [4.69, 9.17) is 47.4 Å². The standard InChI is InChI=1S/C112H134N2O16/c1-71(23-41-97(115)125-69-73-15-9-7-10-16-73)89-37-39-91-105-93(45-49-111(89,91)5)109(3)47-43-83(127-107(119)87-35-31-79-27-25-75-19-13-21-77-29-33-85(87)103(79)101(75)77)63-81(109)65-95(105)129-99(117)67-113-51-55-121-59-61-123-57-53-114(54-58-124-62-60-122-56-52-113)68-100(118)130-96-66-82-64-84(128-108(120)88-36-32-80-28-26-76-20-14-22-78-30-34-86(88)104(80)102(76)78)44-48-110(82,4)94-46-50-112(6)90(38-40-92(112)106(94)96)72(2)24-42-98(116)126-70-74-17-11-8-12-18-74/h7-22,25-36,71-72,81-84,89-96,105-106H,23-24,37-70H2,1-6H3/t71-,72-,81+,82+,83-,84-,89-,90-,91+,92+,93+,94+,95-,96-,105+,106+,109+,110+,111-,112-/m1/s1. The number of carbonyl (C=O) groups is 6. The van der Waals surface area contributed by atoms with E-state index in [1.165, 1.54) is 10.8 Å². The number of fused-ring (bicyclic) bond motifs is 10. The lowest BCUT2D eigenvalue weighted by Crippen LogP contribution is -2.59. The zero-order chi connectivity index (χ0) is 89.4. The Hall–Kier alpha value is -9.14. The minimum absolute atomic E-state index is 0.00880. The van der Waals surface area contributed by atoms with Crippen LogP contribution in [0.5, 0.6) is 0 Å². The van der Waals surface area contributed by atoms with E-state index in [2.05, 4.69) is 148 Å². The topological polar surface area (TPSA) is 201 Å². The van der Waals surface area contributed by atoms with E-state index in [0.29, 0.717) is 176 Å². The van der Waals surface area contributed by atoms with Crippen LogP contribution in [0.3, 0.4) is 0 Å². The van der Waals surface area contributed by atoms with Crippen LogP contribution in [0.25, 0.3) is 64.6 Å². The molecule has 0 amide bonds. The first kappa shape index (κ1) is 90.0. The van der Waals surface area contributed by atoms with E-state index in [1.807, 2.05) is 72.8 Å². The lowest BCUT2D eigenvalue weighted by atomic mass is 9.43. The van der Waals surface area contributed by atoms with Gasteiger partial charge in [-0.25, -0.2) is 9.59 Å². The van der Waals surface area contributed by atoms with Crippen molar-refractivity contribution in [3.05, 3.63) is 192 Å². The van der Waals surface area contributed by atoms with Crippen LogP contribution in [0.2, 0.25) is 0 Å². The molecule has 1 heterocycles. The third kappa shape index (κ3) is 18.2. The monoisotopic (exact) mass is 1760 g/mol. The maximum Gasteiger partial charge on any atom is 0.339 e. The van der Waals surface area contributed by atoms with Gasteiger partial charge >= 0.3 is 35.8 Å². The molecule has 18 heteroatoms. The second-order valence-corrected chi connectivity index (χ2v) is 41.8. The van der Waals surface area contributed by atoms with Gasteiger partial charge in [0.05, 0.1) is 77.1 Å². The summed E-state index contributed by atoms with van der Waals surface area (Å²) >= 11 is 0. The molecular formula is C112H134N2O16. The van der Waals surface area contributed by atoms with Gasteiger partial charge in [0.15, 0.2) is 0 Å². The molecule has 0 radical (unpaired) electrons. The maximum absolute atomic E-state index is 15.1. The summed E-state index contributed by atoms with van der Waals surface area (Å²) in [4.78, 5) is 90.5. The van der Waals surface area contributed by atoms with Gasteiger partial charge in [0.25, 0.3) is 0 Å². The minimum atomic E-state index is -0.336. The Bertz CT molecular complexity index is 5270. The Labute approximate surface area is 766 Å². The van der Waals surface area contributed by atoms with Crippen LogP contribution in [0.4, 0.5) is 0 Å². The smallest absolute Gasteiger partial charge is 0.339 e. The third-order valence-corrected chi connectivity index (χ3v) is 35.1. The average Bonchev–Trinajstić information content (AvgIpc) is 1.18. The molecule has 9 fully saturated rings. The van der Waals surface area contributed by atoms with Gasteiger partial charge in [0.2, 0.25) is 0 Å². The maximum atomic E-state index is 15.1. The Balaban J connectivity index is 0.495. The van der Waals surface area contributed by atoms with Crippen LogP contribution in [-0.2, 0) is 79.8 Å². The molecule has 0 spiro atoms. The van der Waals surface area contributed by atoms with Crippen molar-refractivity contribution in [3.8, 4) is 0 Å². The minimum Gasteiger partial charge on any atom is -0.461 e. The zero-order valence-corrected chi connectivity index (χ0v) is 77.3. The molecule has 19 rings (SSSR count). The number of rotatable bonds is 22. The van der Waals surface area contributed by atoms with E-state index in [-0.39, 0.29) is 132 Å². The summed E-state index contributed by atoms with van der Waals surface area (Å²) in [6.45, 7) is 20.0. The van der Waals surface area contributed by atoms with E-state index in [9.17, 15) is 19.2 Å². The molecule has 10 aromatic rings. The van der Waals surface area contributed by atoms with E-state index < -0.39 is 0 Å². The first-order chi connectivity index (χ1) is 63.2. The zero-order valence-electron chi connectivity index (χ0n) is 77.3. The van der Waals surface area contributed by atoms with Crippen molar-refractivity contribution in [2.45, 2.75) is 208 Å². The molecule has 18 nitrogen and oxygen atoms in total. The van der Waals surface area contributed by atoms with Gasteiger partial charge in [-0.1, -0.05) is 199 Å². The van der Waals surface area contributed by atoms with E-state index in [1.54, 1.807) is 0 Å². The van der Waals surface area contributed by atoms with Crippen LogP contribution in [-0.4, -0.2) is 162 Å². The summed E-state index contributed by atoms with van der Waals surface area (Å²) in [6.07, 6.45) is 15.6. The highest BCUT2D eigenvalue weighted by molar-refractivity contribution is 6.27. The van der Waals surface area contributed by atoms with Crippen molar-refractivity contribution >= 4 is 100 Å². The Kier molecular flexibility index (Phi) is 26.9. The van der Waals surface area contributed by atoms with Gasteiger partial charge in [0, 0.05) is 50.9 Å². The Morgan fingerprint density at radius 1 is 0.354 bits per heavy atom. The molecule has 10 aromatic carbocycles. The second-order valence-electron chi connectivity index (χ2n) is 41.8. The van der Waals surface area contributed by atoms with Crippen LogP contribution < -0.4 is 0 Å². The van der Waals surface area contributed by atoms with Gasteiger partial charge < -0.3 is 47.4 Å². The molecule has 0 aromatic heterocycles. The van der Waals surface area contributed by atoms with Crippen LogP contribution in [0.1, 0.15) is 202 Å². The molecule has 8 saturated carbocycles. The third-order valence-electron chi connectivity index (χ3n) is 35.1. The first-order valence-corrected chi connectivity index (χ1v) is 49.5. The van der Waals surface area contributed by atoms with Crippen molar-refractivity contribution in [2.75, 3.05) is 92.1 Å². The number of ether oxygens (including phenoxy) is 10. The predicted octanol–water partition coefficient (Wildman–Crippen LogP) is 21.6. The second kappa shape index (κ2) is 38.8. The first-order valence-electron chi connectivity index (χ1n) is 49.5. The molecule has 0 unspecified atom stereocenters. The van der Waals surface area contributed by atoms with Crippen molar-refractivity contribution in [1.82, 2.24) is 9.80 Å². The Morgan fingerprint density at radius 3 is 1.08 bits per heavy atom. The van der Waals surface area contributed by atoms with E-state index in [0.717, 1.165) is 155 Å². The van der Waals surface area contributed by atoms with Crippen molar-refractivity contribution in [2.24, 2.45) is 92.7 Å². The molecule has 8 aliphatic carbocycles. The highest BCUT2D eigenvalue weighted by Gasteiger charge is 2.66. The molecule has 688 valence electrons. The number of esters is 6. The number of hydrogen-bond acceptors (Lipinski definition) is 18. The molecule has 1 saturated heterocycles. The SMILES string of the molecule is C[C@H](CCC(=O)OCc1ccccc1)[C@H]1CC[C@H]2[C@@H]3[C@H](OC(=O)CN4CCOCCOCCN(CC(=O)O[C@@H]5C[C@@H]6C[C@H](OC(=O)c7ccc8ccc9cccc%10ccc7c8c9%10)CC[C@]6(C)[C@H]6CC[C@]7(C)[C@@H]([C@H](C)CCC(=O)OCc8ccccc8)CC[C@H]7[C@H]56)CCOCCOCC4)C[C@@H]4C[C@H](OC(=O)c5ccc6ccc7cccc8ccc5c6c78)CC[C@]4(C)[C@H]3CC[C@]12C. The summed E-state index contributed by atoms with van der Waals surface area (Å²) in [7, 11) is 0. The van der Waals surface area contributed by atoms with Crippen LogP contribution in [0, 0.1) is 92.7 Å². The van der Waals surface area contributed by atoms with Gasteiger partial charge in [-0.15, -0.1) is 0 Å². The highest BCUT2D eigenvalue weighted by Crippen LogP contribution is 2.71. The summed E-state index contributed by atoms with van der Waals surface area (Å²) in [5.41, 5.74) is 3.02. The number of benzene rings is 10. The van der Waals surface area contributed by atoms with Crippen LogP contribution in [0.15, 0.2) is 170 Å². The Morgan fingerprint density at radius 2 is 0.700 bits per heavy atom. The lowest BCUT2D eigenvalue weighted by Gasteiger charge is -2.63. The summed E-state index contributed by atoms with van der Waals surface area (Å²) in [6, 6.07) is 57.4. The van der Waals surface area contributed by atoms with Crippen molar-refractivity contribution in [3.63, 3.8) is 0 Å². The normalized spacial score (nSPS) is 31.2. The summed E-state index contributed by atoms with van der Waals surface area (Å²) in [5, 5.41) is 13.1. The molecule has 0 N–H and O–H groups in total. The fourth-order valence-electron chi connectivity index (χ4n) is 28.4. The highest BCUT2D eigenvalue weighted by atomic mass is 16.6. The fourth-order valence-corrected chi connectivity index (χ4v) is 28.4. The number of nitrogens with zero attached hydrogens (tertiary/aromatic N) is 2. The van der Waals surface area contributed by atoms with Crippen LogP contribution >= 0.6 is 0 Å². The predicted molar refractivity (Wildman–Crippen MR) is 505 cm³/mol. The molecule has 130 heavy (non-hydrogen) atoms. The lowest BCUT2D eigenvalue weighted by molar-refractivity contribution is -0.197. The van der Waals surface area contributed by atoms with Crippen molar-refractivity contribution < 1.29 is 76.1 Å². The van der Waals surface area contributed by atoms with Crippen molar-refractivity contribution in [1.29, 1.82) is 0 Å². The number of carbonyl (C=O) groups excluding carboxylic acids is 6. The quantitative estimate of drug-likeness (QED) is 0.0352. The largest absolute Gasteiger partial charge is 0.461 e. The fraction of sp³-hybridized carbons (Fsp3) is 0.554. The molecular weight excluding hydrogens is 1630 g/mol. The van der Waals surface area contributed by atoms with E-state index >= 15 is 9.59 Å². The summed E-state index contributed by atoms with van der Waals surface area (Å²) < 4.78 is 64.4. The van der Waals surface area contributed by atoms with Gasteiger partial charge in [0.1, 0.15) is 37.6 Å². The summed E-state index contributed by atoms with van der Waals surface area (Å²) in [5.74, 6) is 1.85. The number of hydrogen-bond donors (Lipinski definition) is 0. The van der Waals surface area contributed by atoms with Gasteiger partial charge in [-0.3, -0.25) is 29.0 Å². The average molecular weight is 1760 g/mol. The van der Waals surface area contributed by atoms with Gasteiger partial charge in [-0.2, -0.15) is 0 Å².